The predicted molar refractivity (Wildman–Crippen MR) is 119 cm³/mol. The van der Waals surface area contributed by atoms with E-state index in [2.05, 4.69) is 20.2 Å². The number of fused-ring (bicyclic) bond motifs is 1. The van der Waals surface area contributed by atoms with Crippen molar-refractivity contribution in [1.82, 2.24) is 14.9 Å². The molecule has 0 atom stereocenters. The van der Waals surface area contributed by atoms with Gasteiger partial charge < -0.3 is 19.5 Å². The molecule has 5 rings (SSSR count). The van der Waals surface area contributed by atoms with Crippen molar-refractivity contribution in [2.75, 3.05) is 36.4 Å². The summed E-state index contributed by atoms with van der Waals surface area (Å²) < 4.78 is 5.11. The van der Waals surface area contributed by atoms with Crippen LogP contribution in [0.5, 0.6) is 0 Å². The van der Waals surface area contributed by atoms with Crippen LogP contribution in [0.2, 0.25) is 0 Å². The zero-order valence-corrected chi connectivity index (χ0v) is 17.3. The number of aromatic nitrogens is 2. The molecule has 4 heterocycles. The third-order valence-electron chi connectivity index (χ3n) is 5.22. The molecule has 1 fully saturated rings. The average Bonchev–Trinajstić information content (AvgIpc) is 3.51. The topological polar surface area (TPSA) is 91.6 Å². The number of hydrogen-bond acceptors (Lipinski definition) is 7. The second-order valence-corrected chi connectivity index (χ2v) is 8.02. The van der Waals surface area contributed by atoms with Gasteiger partial charge in [0.1, 0.15) is 17.0 Å². The lowest BCUT2D eigenvalue weighted by Gasteiger charge is -2.35. The van der Waals surface area contributed by atoms with Crippen LogP contribution in [-0.2, 0) is 0 Å². The number of anilines is 2. The van der Waals surface area contributed by atoms with Crippen molar-refractivity contribution in [1.29, 1.82) is 0 Å². The summed E-state index contributed by atoms with van der Waals surface area (Å²) in [4.78, 5) is 39.0. The number of carbonyl (C=O) groups is 2. The first-order valence-electron chi connectivity index (χ1n) is 9.86. The Hall–Kier alpha value is -3.72. The third-order valence-corrected chi connectivity index (χ3v) is 6.04. The van der Waals surface area contributed by atoms with Crippen molar-refractivity contribution in [3.63, 3.8) is 0 Å². The van der Waals surface area contributed by atoms with Crippen LogP contribution < -0.4 is 10.2 Å². The van der Waals surface area contributed by atoms with Gasteiger partial charge in [-0.3, -0.25) is 9.59 Å². The molecule has 1 aromatic carbocycles. The summed E-state index contributed by atoms with van der Waals surface area (Å²) in [6.07, 6.45) is 3.04. The molecule has 0 unspecified atom stereocenters. The van der Waals surface area contributed by atoms with Crippen LogP contribution in [0.1, 0.15) is 20.9 Å². The van der Waals surface area contributed by atoms with E-state index in [9.17, 15) is 9.59 Å². The summed E-state index contributed by atoms with van der Waals surface area (Å²) >= 11 is 1.59. The summed E-state index contributed by atoms with van der Waals surface area (Å²) in [6.45, 7) is 2.58. The first kappa shape index (κ1) is 19.3. The molecule has 0 aliphatic carbocycles. The Morgan fingerprint density at radius 3 is 2.71 bits per heavy atom. The Morgan fingerprint density at radius 1 is 1.03 bits per heavy atom. The Kier molecular flexibility index (Phi) is 5.09. The first-order valence-corrected chi connectivity index (χ1v) is 10.7. The monoisotopic (exact) mass is 433 g/mol. The fraction of sp³-hybridized carbons (Fsp3) is 0.182. The lowest BCUT2D eigenvalue weighted by atomic mass is 10.1. The second kappa shape index (κ2) is 8.19. The number of rotatable bonds is 4. The molecule has 1 N–H and O–H groups in total. The maximum Gasteiger partial charge on any atom is 0.291 e. The minimum atomic E-state index is -0.354. The van der Waals surface area contributed by atoms with Crippen molar-refractivity contribution in [3.8, 4) is 0 Å². The van der Waals surface area contributed by atoms with Gasteiger partial charge in [0.25, 0.3) is 11.8 Å². The summed E-state index contributed by atoms with van der Waals surface area (Å²) in [7, 11) is 0. The molecule has 0 saturated carbocycles. The van der Waals surface area contributed by atoms with Crippen LogP contribution >= 0.6 is 11.3 Å². The number of nitrogens with one attached hydrogen (secondary N) is 1. The molecule has 1 saturated heterocycles. The fourth-order valence-electron chi connectivity index (χ4n) is 3.66. The van der Waals surface area contributed by atoms with Gasteiger partial charge in [-0.15, -0.1) is 11.3 Å². The van der Waals surface area contributed by atoms with E-state index in [1.165, 1.54) is 6.26 Å². The van der Waals surface area contributed by atoms with Gasteiger partial charge in [-0.05, 0) is 41.8 Å². The van der Waals surface area contributed by atoms with E-state index in [0.29, 0.717) is 37.4 Å². The Labute approximate surface area is 182 Å². The number of furan rings is 1. The van der Waals surface area contributed by atoms with Gasteiger partial charge in [0.05, 0.1) is 11.6 Å². The Balaban J connectivity index is 1.25. The van der Waals surface area contributed by atoms with E-state index in [1.54, 1.807) is 54.1 Å². The molecule has 1 aliphatic rings. The molecule has 0 spiro atoms. The van der Waals surface area contributed by atoms with Crippen LogP contribution in [0.25, 0.3) is 10.2 Å². The highest BCUT2D eigenvalue weighted by Crippen LogP contribution is 2.27. The molecule has 8 nitrogen and oxygen atoms in total. The maximum atomic E-state index is 13.0. The third kappa shape index (κ3) is 3.87. The molecule has 156 valence electrons. The van der Waals surface area contributed by atoms with E-state index in [0.717, 1.165) is 16.0 Å². The van der Waals surface area contributed by atoms with Gasteiger partial charge in [0, 0.05) is 37.4 Å². The van der Waals surface area contributed by atoms with Crippen molar-refractivity contribution < 1.29 is 14.0 Å². The van der Waals surface area contributed by atoms with Gasteiger partial charge in [0.15, 0.2) is 5.76 Å². The minimum absolute atomic E-state index is 0.0582. The molecule has 9 heteroatoms. The molecule has 0 bridgehead atoms. The summed E-state index contributed by atoms with van der Waals surface area (Å²) in [6, 6.07) is 12.2. The molecular formula is C22H19N5O3S. The molecule has 4 aromatic rings. The number of nitrogens with zero attached hydrogens (tertiary/aromatic N) is 4. The first-order chi connectivity index (χ1) is 15.2. The quantitative estimate of drug-likeness (QED) is 0.530. The van der Waals surface area contributed by atoms with Crippen molar-refractivity contribution in [2.24, 2.45) is 0 Å². The summed E-state index contributed by atoms with van der Waals surface area (Å²) in [5, 5.41) is 5.82. The fourth-order valence-corrected chi connectivity index (χ4v) is 4.39. The van der Waals surface area contributed by atoms with Gasteiger partial charge in [0.2, 0.25) is 0 Å². The normalized spacial score (nSPS) is 14.1. The average molecular weight is 433 g/mol. The number of carbonyl (C=O) groups excluding carboxylic acids is 2. The van der Waals surface area contributed by atoms with Crippen LogP contribution in [0, 0.1) is 0 Å². The number of hydrogen-bond donors (Lipinski definition) is 1. The maximum absolute atomic E-state index is 13.0. The molecule has 2 amide bonds. The lowest BCUT2D eigenvalue weighted by molar-refractivity contribution is 0.0746. The Bertz CT molecular complexity index is 1230. The van der Waals surface area contributed by atoms with E-state index < -0.39 is 0 Å². The highest BCUT2D eigenvalue weighted by atomic mass is 32.1. The molecule has 31 heavy (non-hydrogen) atoms. The molecule has 0 radical (unpaired) electrons. The number of benzene rings is 1. The van der Waals surface area contributed by atoms with Gasteiger partial charge in [-0.1, -0.05) is 6.07 Å². The molecule has 1 aliphatic heterocycles. The molecule has 3 aromatic heterocycles. The highest BCUT2D eigenvalue weighted by Gasteiger charge is 2.24. The summed E-state index contributed by atoms with van der Waals surface area (Å²) in [5.41, 5.74) is 1.08. The van der Waals surface area contributed by atoms with Crippen molar-refractivity contribution in [2.45, 2.75) is 0 Å². The standard InChI is InChI=1S/C22H19N5O3S/c28-20(18-5-2-11-30-18)25-16-4-1-3-15(13-16)22(29)27-9-7-26(8-10-27)19-17-6-12-31-21(17)24-14-23-19/h1-6,11-14H,7-10H2,(H,25,28). The smallest absolute Gasteiger partial charge is 0.291 e. The van der Waals surface area contributed by atoms with E-state index >= 15 is 0 Å². The largest absolute Gasteiger partial charge is 0.459 e. The summed E-state index contributed by atoms with van der Waals surface area (Å²) in [5.74, 6) is 0.725. The molecular weight excluding hydrogens is 414 g/mol. The zero-order chi connectivity index (χ0) is 21.2. The minimum Gasteiger partial charge on any atom is -0.459 e. The van der Waals surface area contributed by atoms with E-state index in [1.807, 2.05) is 16.3 Å². The van der Waals surface area contributed by atoms with E-state index in [-0.39, 0.29) is 17.6 Å². The second-order valence-electron chi connectivity index (χ2n) is 7.13. The highest BCUT2D eigenvalue weighted by molar-refractivity contribution is 7.16. The van der Waals surface area contributed by atoms with E-state index in [4.69, 9.17) is 4.42 Å². The van der Waals surface area contributed by atoms with Crippen LogP contribution in [0.15, 0.2) is 64.9 Å². The van der Waals surface area contributed by atoms with Crippen LogP contribution in [0.4, 0.5) is 11.5 Å². The van der Waals surface area contributed by atoms with Gasteiger partial charge in [-0.2, -0.15) is 0 Å². The van der Waals surface area contributed by atoms with Crippen LogP contribution in [0.3, 0.4) is 0 Å². The lowest BCUT2D eigenvalue weighted by Crippen LogP contribution is -2.49. The van der Waals surface area contributed by atoms with Gasteiger partial charge >= 0.3 is 0 Å². The van der Waals surface area contributed by atoms with Crippen LogP contribution in [-0.4, -0.2) is 52.9 Å². The predicted octanol–water partition coefficient (Wildman–Crippen LogP) is 3.50. The number of amides is 2. The van der Waals surface area contributed by atoms with Gasteiger partial charge in [-0.25, -0.2) is 9.97 Å². The Morgan fingerprint density at radius 2 is 1.90 bits per heavy atom. The van der Waals surface area contributed by atoms with Crippen molar-refractivity contribution in [3.05, 3.63) is 71.8 Å². The van der Waals surface area contributed by atoms with Crippen molar-refractivity contribution >= 4 is 44.9 Å². The number of piperazine rings is 1. The SMILES string of the molecule is O=C(Nc1cccc(C(=O)N2CCN(c3ncnc4sccc34)CC2)c1)c1ccco1. The zero-order valence-electron chi connectivity index (χ0n) is 16.5. The number of thiophene rings is 1.